The summed E-state index contributed by atoms with van der Waals surface area (Å²) in [6.45, 7) is 5.80. The predicted octanol–water partition coefficient (Wildman–Crippen LogP) is 3.14. The van der Waals surface area contributed by atoms with Crippen molar-refractivity contribution in [2.45, 2.75) is 39.2 Å². The maximum atomic E-state index is 13.1. The van der Waals surface area contributed by atoms with Gasteiger partial charge in [0.2, 0.25) is 0 Å². The summed E-state index contributed by atoms with van der Waals surface area (Å²) in [5.41, 5.74) is 9.80. The average molecular weight is 308 g/mol. The normalized spacial score (nSPS) is 22.6. The monoisotopic (exact) mass is 308 g/mol. The van der Waals surface area contributed by atoms with Crippen LogP contribution in [0, 0.1) is 5.41 Å². The molecule has 1 saturated heterocycles. The first-order chi connectivity index (χ1) is 11.0. The minimum Gasteiger partial charge on any atom is -0.338 e. The van der Waals surface area contributed by atoms with Gasteiger partial charge in [0.15, 0.2) is 0 Å². The lowest BCUT2D eigenvalue weighted by Gasteiger charge is -2.42. The summed E-state index contributed by atoms with van der Waals surface area (Å²) >= 11 is 0. The molecule has 4 rings (SSSR count). The topological polar surface area (TPSA) is 46.3 Å². The van der Waals surface area contributed by atoms with Gasteiger partial charge in [0.25, 0.3) is 5.91 Å². The van der Waals surface area contributed by atoms with Gasteiger partial charge in [-0.05, 0) is 52.6 Å². The summed E-state index contributed by atoms with van der Waals surface area (Å²) in [6, 6.07) is 10.7. The second-order valence-corrected chi connectivity index (χ2v) is 7.72. The maximum Gasteiger partial charge on any atom is 0.254 e. The highest BCUT2D eigenvalue weighted by Gasteiger charge is 2.36. The lowest BCUT2D eigenvalue weighted by molar-refractivity contribution is 0.0535. The van der Waals surface area contributed by atoms with Gasteiger partial charge in [0.1, 0.15) is 0 Å². The van der Waals surface area contributed by atoms with Crippen LogP contribution >= 0.6 is 0 Å². The van der Waals surface area contributed by atoms with Gasteiger partial charge < -0.3 is 10.6 Å². The highest BCUT2D eigenvalue weighted by atomic mass is 16.2. The first-order valence-corrected chi connectivity index (χ1v) is 8.56. The fourth-order valence-corrected chi connectivity index (χ4v) is 4.15. The van der Waals surface area contributed by atoms with E-state index in [-0.39, 0.29) is 17.4 Å². The third kappa shape index (κ3) is 2.26. The molecule has 1 unspecified atom stereocenters. The van der Waals surface area contributed by atoms with Crippen molar-refractivity contribution in [3.63, 3.8) is 0 Å². The summed E-state index contributed by atoms with van der Waals surface area (Å²) in [4.78, 5) is 15.1. The van der Waals surface area contributed by atoms with Gasteiger partial charge in [-0.2, -0.15) is 0 Å². The first kappa shape index (κ1) is 14.7. The number of carbonyl (C=O) groups excluding carboxylic acids is 1. The molecular formula is C20H24N2O. The molecule has 0 aromatic heterocycles. The molecule has 0 radical (unpaired) electrons. The van der Waals surface area contributed by atoms with Gasteiger partial charge in [-0.3, -0.25) is 4.79 Å². The quantitative estimate of drug-likeness (QED) is 0.880. The molecule has 0 bridgehead atoms. The fourth-order valence-electron chi connectivity index (χ4n) is 4.15. The first-order valence-electron chi connectivity index (χ1n) is 8.56. The van der Waals surface area contributed by atoms with Crippen LogP contribution in [0.2, 0.25) is 0 Å². The maximum absolute atomic E-state index is 13.1. The van der Waals surface area contributed by atoms with Gasteiger partial charge in [-0.1, -0.05) is 38.1 Å². The standard InChI is InChI=1S/C20H24N2O/c1-20(2)12-22(11-10-17(20)21)19(23)16-9-8-14-7-6-13-4-3-5-15(16)18(13)14/h3-5,8-9,17H,6-7,10-12,21H2,1-2H3. The second kappa shape index (κ2) is 5.07. The Morgan fingerprint density at radius 3 is 2.65 bits per heavy atom. The van der Waals surface area contributed by atoms with Crippen molar-refractivity contribution in [2.24, 2.45) is 11.1 Å². The number of aryl methyl sites for hydroxylation is 2. The molecule has 1 aliphatic heterocycles. The van der Waals surface area contributed by atoms with E-state index >= 15 is 0 Å². The molecule has 2 N–H and O–H groups in total. The number of piperidine rings is 1. The van der Waals surface area contributed by atoms with E-state index in [1.54, 1.807) is 0 Å². The highest BCUT2D eigenvalue weighted by molar-refractivity contribution is 6.09. The number of hydrogen-bond acceptors (Lipinski definition) is 2. The van der Waals surface area contributed by atoms with Crippen LogP contribution in [0.25, 0.3) is 10.8 Å². The summed E-state index contributed by atoms with van der Waals surface area (Å²) in [5, 5.41) is 2.43. The second-order valence-electron chi connectivity index (χ2n) is 7.72. The largest absolute Gasteiger partial charge is 0.338 e. The molecule has 0 saturated carbocycles. The van der Waals surface area contributed by atoms with Crippen molar-refractivity contribution >= 4 is 16.7 Å². The van der Waals surface area contributed by atoms with Crippen molar-refractivity contribution in [2.75, 3.05) is 13.1 Å². The SMILES string of the molecule is CC1(C)CN(C(=O)c2ccc3c4c(cccc24)CC3)CCC1N. The minimum absolute atomic E-state index is 0.0250. The molecule has 23 heavy (non-hydrogen) atoms. The molecule has 120 valence electrons. The Labute approximate surface area is 137 Å². The molecule has 1 atom stereocenters. The molecule has 2 aromatic rings. The van der Waals surface area contributed by atoms with E-state index in [4.69, 9.17) is 5.73 Å². The van der Waals surface area contributed by atoms with Crippen LogP contribution < -0.4 is 5.73 Å². The zero-order valence-electron chi connectivity index (χ0n) is 13.9. The molecule has 2 aliphatic rings. The number of nitrogens with zero attached hydrogens (tertiary/aromatic N) is 1. The van der Waals surface area contributed by atoms with E-state index in [9.17, 15) is 4.79 Å². The summed E-state index contributed by atoms with van der Waals surface area (Å²) in [6.07, 6.45) is 3.06. The van der Waals surface area contributed by atoms with Crippen molar-refractivity contribution in [3.8, 4) is 0 Å². The van der Waals surface area contributed by atoms with Crippen molar-refractivity contribution in [3.05, 3.63) is 47.0 Å². The van der Waals surface area contributed by atoms with E-state index in [0.717, 1.165) is 43.3 Å². The molecule has 0 spiro atoms. The molecule has 3 heteroatoms. The smallest absolute Gasteiger partial charge is 0.254 e. The zero-order chi connectivity index (χ0) is 16.2. The van der Waals surface area contributed by atoms with E-state index in [1.807, 2.05) is 11.0 Å². The van der Waals surface area contributed by atoms with Crippen LogP contribution in [0.4, 0.5) is 0 Å². The van der Waals surface area contributed by atoms with E-state index < -0.39 is 0 Å². The summed E-state index contributed by atoms with van der Waals surface area (Å²) in [7, 11) is 0. The van der Waals surface area contributed by atoms with Crippen molar-refractivity contribution in [1.82, 2.24) is 4.90 Å². The fraction of sp³-hybridized carbons (Fsp3) is 0.450. The summed E-state index contributed by atoms with van der Waals surface area (Å²) in [5.74, 6) is 0.153. The molecule has 1 aliphatic carbocycles. The Kier molecular flexibility index (Phi) is 3.24. The highest BCUT2D eigenvalue weighted by Crippen LogP contribution is 2.34. The van der Waals surface area contributed by atoms with Crippen molar-refractivity contribution < 1.29 is 4.79 Å². The third-order valence-electron chi connectivity index (χ3n) is 5.71. The van der Waals surface area contributed by atoms with Crippen LogP contribution in [0.15, 0.2) is 30.3 Å². The molecular weight excluding hydrogens is 284 g/mol. The van der Waals surface area contributed by atoms with Gasteiger partial charge in [-0.25, -0.2) is 0 Å². The van der Waals surface area contributed by atoms with Crippen LogP contribution in [-0.2, 0) is 12.8 Å². The Morgan fingerprint density at radius 2 is 1.91 bits per heavy atom. The van der Waals surface area contributed by atoms with Crippen LogP contribution in [0.1, 0.15) is 41.8 Å². The zero-order valence-corrected chi connectivity index (χ0v) is 13.9. The minimum atomic E-state index is -0.0250. The van der Waals surface area contributed by atoms with E-state index in [1.165, 1.54) is 16.5 Å². The Bertz CT molecular complexity index is 783. The van der Waals surface area contributed by atoms with Crippen LogP contribution in [0.5, 0.6) is 0 Å². The molecule has 1 amide bonds. The molecule has 2 aromatic carbocycles. The van der Waals surface area contributed by atoms with E-state index in [0.29, 0.717) is 0 Å². The van der Waals surface area contributed by atoms with Crippen molar-refractivity contribution in [1.29, 1.82) is 0 Å². The van der Waals surface area contributed by atoms with E-state index in [2.05, 4.69) is 38.1 Å². The lowest BCUT2D eigenvalue weighted by atomic mass is 9.79. The summed E-state index contributed by atoms with van der Waals surface area (Å²) < 4.78 is 0. The molecule has 1 fully saturated rings. The Balaban J connectivity index is 1.74. The van der Waals surface area contributed by atoms with Gasteiger partial charge in [0, 0.05) is 24.7 Å². The number of hydrogen-bond donors (Lipinski definition) is 1. The number of carbonyl (C=O) groups is 1. The molecule has 1 heterocycles. The number of rotatable bonds is 1. The Hall–Kier alpha value is -1.87. The molecule has 3 nitrogen and oxygen atoms in total. The van der Waals surface area contributed by atoms with Gasteiger partial charge >= 0.3 is 0 Å². The predicted molar refractivity (Wildman–Crippen MR) is 93.6 cm³/mol. The van der Waals surface area contributed by atoms with Crippen LogP contribution in [0.3, 0.4) is 0 Å². The van der Waals surface area contributed by atoms with Gasteiger partial charge in [-0.15, -0.1) is 0 Å². The van der Waals surface area contributed by atoms with Crippen LogP contribution in [-0.4, -0.2) is 29.9 Å². The number of nitrogens with two attached hydrogens (primary N) is 1. The van der Waals surface area contributed by atoms with Gasteiger partial charge in [0.05, 0.1) is 0 Å². The Morgan fingerprint density at radius 1 is 1.17 bits per heavy atom. The number of likely N-dealkylation sites (tertiary alicyclic amines) is 1. The number of amides is 1. The number of benzene rings is 2. The third-order valence-corrected chi connectivity index (χ3v) is 5.71. The lowest BCUT2D eigenvalue weighted by Crippen LogP contribution is -2.54. The average Bonchev–Trinajstić information content (AvgIpc) is 2.95.